The van der Waals surface area contributed by atoms with Crippen molar-refractivity contribution in [2.24, 2.45) is 71.0 Å². The Labute approximate surface area is 449 Å². The van der Waals surface area contributed by atoms with E-state index in [-0.39, 0.29) is 23.0 Å². The molecule has 0 aromatic heterocycles. The van der Waals surface area contributed by atoms with Gasteiger partial charge in [-0.3, -0.25) is 0 Å². The van der Waals surface area contributed by atoms with Crippen LogP contribution >= 0.6 is 0 Å². The number of benzene rings is 7. The topological polar surface area (TPSA) is 9.72 Å². The molecule has 0 unspecified atom stereocenters. The maximum absolute atomic E-state index is 2.96. The molecule has 0 amide bonds. The fourth-order valence-corrected chi connectivity index (χ4v) is 24.7. The third-order valence-corrected chi connectivity index (χ3v) is 25.9. The van der Waals surface area contributed by atoms with Gasteiger partial charge in [-0.05, 0) is 266 Å². The van der Waals surface area contributed by atoms with Gasteiger partial charge in [0.2, 0.25) is 0 Å². The van der Waals surface area contributed by atoms with Crippen LogP contribution in [0.4, 0.5) is 51.2 Å². The Morgan fingerprint density at radius 2 is 0.632 bits per heavy atom. The van der Waals surface area contributed by atoms with E-state index in [1.54, 1.807) is 61.1 Å². The van der Waals surface area contributed by atoms with Gasteiger partial charge in [0.05, 0.1) is 17.1 Å². The van der Waals surface area contributed by atoms with E-state index in [1.807, 2.05) is 0 Å². The first-order chi connectivity index (χ1) is 37.6. The minimum Gasteiger partial charge on any atom is -0.311 e. The Hall–Kier alpha value is -6.00. The van der Waals surface area contributed by atoms with E-state index >= 15 is 0 Å². The van der Waals surface area contributed by atoms with Crippen LogP contribution in [0.1, 0.15) is 130 Å². The number of rotatable bonds is 3. The van der Waals surface area contributed by atoms with E-state index in [4.69, 9.17) is 0 Å². The van der Waals surface area contributed by atoms with Crippen molar-refractivity contribution in [3.63, 3.8) is 0 Å². The van der Waals surface area contributed by atoms with Crippen molar-refractivity contribution in [2.75, 3.05) is 14.7 Å². The summed E-state index contributed by atoms with van der Waals surface area (Å²) >= 11 is 0. The summed E-state index contributed by atoms with van der Waals surface area (Å²) in [6.07, 6.45) is 21.3. The number of nitrogens with zero attached hydrogens (tertiary/aromatic N) is 3. The predicted molar refractivity (Wildman–Crippen MR) is 309 cm³/mol. The highest BCUT2D eigenvalue weighted by Crippen LogP contribution is 2.75. The molecule has 0 N–H and O–H groups in total. The lowest BCUT2D eigenvalue weighted by Crippen LogP contribution is -2.73. The molecule has 12 aliphatic carbocycles. The van der Waals surface area contributed by atoms with E-state index < -0.39 is 0 Å². The minimum atomic E-state index is 0.0325. The van der Waals surface area contributed by atoms with Gasteiger partial charge in [-0.2, -0.15) is 0 Å². The van der Waals surface area contributed by atoms with Crippen molar-refractivity contribution in [3.8, 4) is 0 Å². The summed E-state index contributed by atoms with van der Waals surface area (Å²) < 4.78 is 0. The van der Waals surface area contributed by atoms with E-state index in [1.165, 1.54) is 136 Å². The minimum absolute atomic E-state index is 0.0325. The summed E-state index contributed by atoms with van der Waals surface area (Å²) in [6.45, 7) is 0.185. The van der Waals surface area contributed by atoms with Crippen molar-refractivity contribution >= 4 is 74.3 Å². The molecule has 3 spiro atoms. The molecular formula is C72H66BN3. The van der Waals surface area contributed by atoms with Gasteiger partial charge in [0.25, 0.3) is 6.71 Å². The highest BCUT2D eigenvalue weighted by molar-refractivity contribution is 7.01. The molecule has 372 valence electrons. The van der Waals surface area contributed by atoms with Gasteiger partial charge in [-0.1, -0.05) is 97.1 Å². The van der Waals surface area contributed by atoms with Crippen molar-refractivity contribution in [1.82, 2.24) is 0 Å². The van der Waals surface area contributed by atoms with Crippen LogP contribution in [-0.2, 0) is 16.2 Å². The molecule has 4 heteroatoms. The largest absolute Gasteiger partial charge is 0.311 e. The highest BCUT2D eigenvalue weighted by atomic mass is 15.2. The smallest absolute Gasteiger partial charge is 0.252 e. The van der Waals surface area contributed by atoms with Crippen LogP contribution in [0.2, 0.25) is 0 Å². The number of hydrogen-bond donors (Lipinski definition) is 0. The zero-order chi connectivity index (χ0) is 48.7. The predicted octanol–water partition coefficient (Wildman–Crippen LogP) is 15.4. The second-order valence-electron chi connectivity index (χ2n) is 28.4. The molecule has 7 aromatic carbocycles. The van der Waals surface area contributed by atoms with Crippen LogP contribution in [0, 0.1) is 71.0 Å². The maximum atomic E-state index is 2.96. The lowest BCUT2D eigenvalue weighted by molar-refractivity contribution is -0.0435. The second kappa shape index (κ2) is 13.6. The van der Waals surface area contributed by atoms with Gasteiger partial charge in [-0.25, -0.2) is 0 Å². The van der Waals surface area contributed by atoms with Crippen molar-refractivity contribution in [1.29, 1.82) is 0 Å². The monoisotopic (exact) mass is 984 g/mol. The SMILES string of the molecule is c1ccc(N(c2ccccc2)c2cc3c4c(c2)N2c5ccccc5C5(c6ccc7c(c62)B4c2c(ccc4c2N3c2ccccc2C42C3CC4CC(C3)CC2C4)C72C3CC4CC(C3)CC2C4)C2CC3CC(C2)CC5C3)cc1. The van der Waals surface area contributed by atoms with Crippen LogP contribution in [-0.4, -0.2) is 6.71 Å². The molecule has 0 atom stereocenters. The fraction of sp³-hybridized carbons (Fsp3) is 0.417. The maximum Gasteiger partial charge on any atom is 0.252 e. The third-order valence-electron chi connectivity index (χ3n) is 25.9. The fourth-order valence-electron chi connectivity index (χ4n) is 24.7. The molecule has 0 radical (unpaired) electrons. The second-order valence-corrected chi connectivity index (χ2v) is 28.4. The lowest BCUT2D eigenvalue weighted by atomic mass is 9.24. The molecule has 76 heavy (non-hydrogen) atoms. The highest BCUT2D eigenvalue weighted by Gasteiger charge is 2.69. The average molecular weight is 984 g/mol. The molecule has 7 aromatic rings. The van der Waals surface area contributed by atoms with Crippen LogP contribution in [0.15, 0.2) is 146 Å². The molecule has 5 aliphatic heterocycles. The Kier molecular flexibility index (Phi) is 7.38. The Bertz CT molecular complexity index is 3460. The van der Waals surface area contributed by atoms with Crippen molar-refractivity contribution in [3.05, 3.63) is 179 Å². The standard InChI is InChI=1S/C72H66BN3/c1-3-11-52(12-4-1)74(53-13-5-2-6-14-53)54-38-63-67-64(39-54)76-62-18-10-8-16-56(62)71(48-30-42-24-43(32-48)33-49(71)31-42)60-22-20-58-66(69(60)76)73(67)65-57(72(58)50-34-44-25-45(36-50)37-51(72)35-44)19-21-59-68(65)75(63)61-17-9-7-15-55(61)70(59)46-26-40-23-41(28-46)29-47(70)27-40/h1-22,38-51H,23-37H2. The normalized spacial score (nSPS) is 37.8. The first-order valence-electron chi connectivity index (χ1n) is 30.8. The number of para-hydroxylation sites is 4. The van der Waals surface area contributed by atoms with Gasteiger partial charge in [-0.15, -0.1) is 0 Å². The molecule has 17 aliphatic rings. The Balaban J connectivity index is 0.940. The third kappa shape index (κ3) is 4.45. The van der Waals surface area contributed by atoms with E-state index in [2.05, 4.69) is 160 Å². The summed E-state index contributed by atoms with van der Waals surface area (Å²) in [7, 11) is 0. The molecule has 12 bridgehead atoms. The molecule has 5 heterocycles. The van der Waals surface area contributed by atoms with Gasteiger partial charge in [0, 0.05) is 50.4 Å². The first-order valence-corrected chi connectivity index (χ1v) is 30.8. The van der Waals surface area contributed by atoms with Crippen LogP contribution in [0.25, 0.3) is 0 Å². The van der Waals surface area contributed by atoms with E-state index in [0.717, 1.165) is 35.5 Å². The molecule has 12 saturated carbocycles. The zero-order valence-electron chi connectivity index (χ0n) is 43.8. The van der Waals surface area contributed by atoms with E-state index in [9.17, 15) is 0 Å². The summed E-state index contributed by atoms with van der Waals surface area (Å²) in [5.74, 6) is 9.60. The lowest BCUT2D eigenvalue weighted by Gasteiger charge is -2.68. The van der Waals surface area contributed by atoms with Gasteiger partial charge >= 0.3 is 0 Å². The Morgan fingerprint density at radius 1 is 0.303 bits per heavy atom. The molecule has 3 nitrogen and oxygen atoms in total. The molecule has 24 rings (SSSR count). The molecule has 12 fully saturated rings. The van der Waals surface area contributed by atoms with E-state index in [0.29, 0.717) is 35.5 Å². The van der Waals surface area contributed by atoms with Gasteiger partial charge in [0.15, 0.2) is 0 Å². The molecular weight excluding hydrogens is 918 g/mol. The number of anilines is 9. The summed E-state index contributed by atoms with van der Waals surface area (Å²) in [5.41, 5.74) is 28.2. The first kappa shape index (κ1) is 41.1. The van der Waals surface area contributed by atoms with Crippen molar-refractivity contribution < 1.29 is 0 Å². The van der Waals surface area contributed by atoms with Crippen LogP contribution in [0.3, 0.4) is 0 Å². The quantitative estimate of drug-likeness (QED) is 0.163. The number of fused-ring (bicyclic) bond motifs is 6. The van der Waals surface area contributed by atoms with Crippen LogP contribution in [0.5, 0.6) is 0 Å². The van der Waals surface area contributed by atoms with Crippen LogP contribution < -0.4 is 31.1 Å². The van der Waals surface area contributed by atoms with Gasteiger partial charge < -0.3 is 14.7 Å². The summed E-state index contributed by atoms with van der Waals surface area (Å²) in [4.78, 5) is 8.52. The zero-order valence-corrected chi connectivity index (χ0v) is 43.8. The summed E-state index contributed by atoms with van der Waals surface area (Å²) in [6, 6.07) is 59.7. The average Bonchev–Trinajstić information content (AvgIpc) is 3.45. The number of hydrogen-bond acceptors (Lipinski definition) is 3. The Morgan fingerprint density at radius 3 is 1.01 bits per heavy atom. The molecule has 0 saturated heterocycles. The van der Waals surface area contributed by atoms with Crippen molar-refractivity contribution in [2.45, 2.75) is 113 Å². The summed E-state index contributed by atoms with van der Waals surface area (Å²) in [5, 5.41) is 0. The van der Waals surface area contributed by atoms with Gasteiger partial charge in [0.1, 0.15) is 0 Å².